The van der Waals surface area contributed by atoms with Crippen LogP contribution in [-0.2, 0) is 22.7 Å². The second kappa shape index (κ2) is 5.10. The summed E-state index contributed by atoms with van der Waals surface area (Å²) in [4.78, 5) is 3.20. The lowest BCUT2D eigenvalue weighted by Gasteiger charge is -2.33. The predicted octanol–water partition coefficient (Wildman–Crippen LogP) is 2.99. The van der Waals surface area contributed by atoms with Gasteiger partial charge in [0.2, 0.25) is 0 Å². The molecule has 0 spiro atoms. The fourth-order valence-corrected chi connectivity index (χ4v) is 5.06. The third kappa shape index (κ3) is 2.27. The van der Waals surface area contributed by atoms with Crippen LogP contribution in [0, 0.1) is 0 Å². The zero-order chi connectivity index (χ0) is 16.1. The predicted molar refractivity (Wildman–Crippen MR) is 93.0 cm³/mol. The summed E-state index contributed by atoms with van der Waals surface area (Å²) in [6.45, 7) is 5.42. The molecule has 1 atom stereocenters. The largest absolute Gasteiger partial charge is 0.346 e. The molecule has 1 aliphatic rings. The van der Waals surface area contributed by atoms with Crippen LogP contribution in [0.2, 0.25) is 0 Å². The molecule has 0 aliphatic carbocycles. The average Bonchev–Trinajstić information content (AvgIpc) is 3.01. The van der Waals surface area contributed by atoms with E-state index in [4.69, 9.17) is 0 Å². The topological polar surface area (TPSA) is 37.6 Å². The third-order valence-corrected chi connectivity index (χ3v) is 7.47. The SMILES string of the molecule is CN=S1(=O)CCc2c1ccc1c2ccn1CC(C)(C)N(C)C. The van der Waals surface area contributed by atoms with E-state index in [0.717, 1.165) is 17.9 Å². The number of aromatic nitrogens is 1. The maximum Gasteiger partial charge on any atom is 0.0755 e. The van der Waals surface area contributed by atoms with Crippen LogP contribution in [0.1, 0.15) is 19.4 Å². The summed E-state index contributed by atoms with van der Waals surface area (Å²) in [6.07, 6.45) is 3.02. The van der Waals surface area contributed by atoms with Gasteiger partial charge in [-0.1, -0.05) is 0 Å². The van der Waals surface area contributed by atoms with Crippen molar-refractivity contribution in [2.45, 2.75) is 37.2 Å². The molecule has 0 saturated heterocycles. The van der Waals surface area contributed by atoms with Gasteiger partial charge in [-0.3, -0.25) is 0 Å². The molecule has 22 heavy (non-hydrogen) atoms. The van der Waals surface area contributed by atoms with Gasteiger partial charge in [-0.05, 0) is 58.1 Å². The lowest BCUT2D eigenvalue weighted by Crippen LogP contribution is -2.41. The Morgan fingerprint density at radius 3 is 2.68 bits per heavy atom. The van der Waals surface area contributed by atoms with E-state index < -0.39 is 9.73 Å². The van der Waals surface area contributed by atoms with E-state index >= 15 is 0 Å². The number of aryl methyl sites for hydroxylation is 1. The van der Waals surface area contributed by atoms with Gasteiger partial charge in [0.1, 0.15) is 0 Å². The molecule has 3 rings (SSSR count). The maximum atomic E-state index is 12.8. The second-order valence-electron chi connectivity index (χ2n) is 6.90. The zero-order valence-corrected chi connectivity index (χ0v) is 14.9. The zero-order valence-electron chi connectivity index (χ0n) is 14.1. The van der Waals surface area contributed by atoms with Crippen LogP contribution in [0.4, 0.5) is 0 Å². The number of nitrogens with zero attached hydrogens (tertiary/aromatic N) is 3. The molecule has 2 heterocycles. The molecule has 0 fully saturated rings. The van der Waals surface area contributed by atoms with E-state index in [0.29, 0.717) is 5.75 Å². The molecule has 1 aromatic carbocycles. The van der Waals surface area contributed by atoms with Crippen molar-refractivity contribution in [2.75, 3.05) is 26.9 Å². The van der Waals surface area contributed by atoms with E-state index in [9.17, 15) is 4.21 Å². The summed E-state index contributed by atoms with van der Waals surface area (Å²) >= 11 is 0. The van der Waals surface area contributed by atoms with Crippen molar-refractivity contribution in [2.24, 2.45) is 4.36 Å². The quantitative estimate of drug-likeness (QED) is 0.872. The molecule has 2 aromatic rings. The van der Waals surface area contributed by atoms with Gasteiger partial charge in [0, 0.05) is 42.0 Å². The molecule has 0 N–H and O–H groups in total. The van der Waals surface area contributed by atoms with Crippen molar-refractivity contribution in [3.8, 4) is 0 Å². The van der Waals surface area contributed by atoms with Gasteiger partial charge in [-0.25, -0.2) is 8.57 Å². The Balaban J connectivity index is 2.11. The second-order valence-corrected chi connectivity index (χ2v) is 9.40. The highest BCUT2D eigenvalue weighted by atomic mass is 32.2. The summed E-state index contributed by atoms with van der Waals surface area (Å²) in [5.74, 6) is 0.659. The minimum Gasteiger partial charge on any atom is -0.346 e. The number of hydrogen-bond donors (Lipinski definition) is 0. The van der Waals surface area contributed by atoms with Crippen LogP contribution in [0.5, 0.6) is 0 Å². The van der Waals surface area contributed by atoms with Gasteiger partial charge in [-0.2, -0.15) is 0 Å². The van der Waals surface area contributed by atoms with Crippen LogP contribution in [0.25, 0.3) is 10.9 Å². The van der Waals surface area contributed by atoms with Crippen molar-refractivity contribution in [1.82, 2.24) is 9.47 Å². The highest BCUT2D eigenvalue weighted by molar-refractivity contribution is 7.94. The lowest BCUT2D eigenvalue weighted by atomic mass is 10.0. The van der Waals surface area contributed by atoms with Gasteiger partial charge in [0.25, 0.3) is 0 Å². The first-order valence-corrected chi connectivity index (χ1v) is 9.38. The van der Waals surface area contributed by atoms with Gasteiger partial charge in [0.05, 0.1) is 14.6 Å². The number of benzene rings is 1. The van der Waals surface area contributed by atoms with Crippen LogP contribution >= 0.6 is 0 Å². The van der Waals surface area contributed by atoms with Crippen molar-refractivity contribution in [3.63, 3.8) is 0 Å². The fraction of sp³-hybridized carbons (Fsp3) is 0.529. The monoisotopic (exact) mass is 319 g/mol. The van der Waals surface area contributed by atoms with Gasteiger partial charge >= 0.3 is 0 Å². The van der Waals surface area contributed by atoms with E-state index in [1.165, 1.54) is 16.5 Å². The molecule has 0 radical (unpaired) electrons. The lowest BCUT2D eigenvalue weighted by molar-refractivity contribution is 0.171. The van der Waals surface area contributed by atoms with Crippen LogP contribution in [0.15, 0.2) is 33.7 Å². The molecule has 1 aliphatic heterocycles. The van der Waals surface area contributed by atoms with Crippen molar-refractivity contribution < 1.29 is 4.21 Å². The summed E-state index contributed by atoms with van der Waals surface area (Å²) < 4.78 is 19.2. The van der Waals surface area contributed by atoms with Crippen LogP contribution in [0.3, 0.4) is 0 Å². The summed E-state index contributed by atoms with van der Waals surface area (Å²) in [7, 11) is 3.72. The fourth-order valence-electron chi connectivity index (χ4n) is 3.11. The Labute approximate surface area is 133 Å². The van der Waals surface area contributed by atoms with E-state index in [2.05, 4.69) is 60.1 Å². The van der Waals surface area contributed by atoms with E-state index in [1.54, 1.807) is 7.05 Å². The molecule has 120 valence electrons. The minimum absolute atomic E-state index is 0.0806. The van der Waals surface area contributed by atoms with Crippen LogP contribution < -0.4 is 0 Å². The Bertz CT molecular complexity index is 839. The molecule has 0 bridgehead atoms. The number of fused-ring (bicyclic) bond motifs is 3. The molecule has 5 heteroatoms. The maximum absolute atomic E-state index is 12.8. The third-order valence-electron chi connectivity index (χ3n) is 5.06. The van der Waals surface area contributed by atoms with Gasteiger partial charge < -0.3 is 9.47 Å². The molecular formula is C17H25N3OS. The van der Waals surface area contributed by atoms with E-state index in [-0.39, 0.29) is 5.54 Å². The van der Waals surface area contributed by atoms with Crippen molar-refractivity contribution in [1.29, 1.82) is 0 Å². The first-order chi connectivity index (χ1) is 10.3. The number of likely N-dealkylation sites (N-methyl/N-ethyl adjacent to an activating group) is 1. The first kappa shape index (κ1) is 15.6. The minimum atomic E-state index is -2.17. The van der Waals surface area contributed by atoms with E-state index in [1.807, 2.05) is 6.07 Å². The molecule has 4 nitrogen and oxygen atoms in total. The Morgan fingerprint density at radius 2 is 2.05 bits per heavy atom. The standard InChI is InChI=1S/C17H25N3OS/c1-17(2,19(4)5)12-20-10-8-13-14-9-11-22(21,18-3)16(14)7-6-15(13)20/h6-8,10H,9,11-12H2,1-5H3. The highest BCUT2D eigenvalue weighted by Crippen LogP contribution is 2.34. The highest BCUT2D eigenvalue weighted by Gasteiger charge is 2.27. The Morgan fingerprint density at radius 1 is 1.32 bits per heavy atom. The molecule has 0 amide bonds. The van der Waals surface area contributed by atoms with Gasteiger partial charge in [0.15, 0.2) is 0 Å². The van der Waals surface area contributed by atoms with Crippen molar-refractivity contribution in [3.05, 3.63) is 30.0 Å². The normalized spacial score (nSPS) is 21.5. The molecular weight excluding hydrogens is 294 g/mol. The van der Waals surface area contributed by atoms with Gasteiger partial charge in [-0.15, -0.1) is 0 Å². The average molecular weight is 319 g/mol. The Kier molecular flexibility index (Phi) is 3.61. The van der Waals surface area contributed by atoms with Crippen molar-refractivity contribution >= 4 is 20.6 Å². The molecule has 1 unspecified atom stereocenters. The number of rotatable bonds is 3. The Hall–Kier alpha value is -1.33. The smallest absolute Gasteiger partial charge is 0.0755 e. The molecule has 0 saturated carbocycles. The summed E-state index contributed by atoms with van der Waals surface area (Å²) in [5.41, 5.74) is 2.54. The molecule has 1 aromatic heterocycles. The summed E-state index contributed by atoms with van der Waals surface area (Å²) in [6, 6.07) is 6.30. The first-order valence-electron chi connectivity index (χ1n) is 7.70. The summed E-state index contributed by atoms with van der Waals surface area (Å²) in [5, 5.41) is 1.24. The number of hydrogen-bond acceptors (Lipinski definition) is 3. The van der Waals surface area contributed by atoms with Crippen LogP contribution in [-0.4, -0.2) is 46.1 Å².